The summed E-state index contributed by atoms with van der Waals surface area (Å²) in [5.41, 5.74) is 9.03. The first-order valence-electron chi connectivity index (χ1n) is 12.6. The molecule has 0 saturated carbocycles. The van der Waals surface area contributed by atoms with Crippen LogP contribution in [0.1, 0.15) is 25.0 Å². The minimum atomic E-state index is -0.0612. The molecule has 0 fully saturated rings. The maximum Gasteiger partial charge on any atom is 0.0468 e. The van der Waals surface area contributed by atoms with Gasteiger partial charge in [-0.05, 0) is 80.2 Å². The van der Waals surface area contributed by atoms with Gasteiger partial charge in [-0.3, -0.25) is 0 Å². The molecule has 7 rings (SSSR count). The van der Waals surface area contributed by atoms with Crippen LogP contribution in [0, 0.1) is 0 Å². The number of nitrogens with zero attached hydrogens (tertiary/aromatic N) is 1. The largest absolute Gasteiger partial charge is 0.310 e. The molecule has 36 heavy (non-hydrogen) atoms. The van der Waals surface area contributed by atoms with E-state index in [0.717, 1.165) is 11.4 Å². The van der Waals surface area contributed by atoms with Gasteiger partial charge in [-0.1, -0.05) is 105 Å². The number of benzene rings is 6. The van der Waals surface area contributed by atoms with Crippen LogP contribution in [-0.2, 0) is 5.41 Å². The third-order valence-electron chi connectivity index (χ3n) is 7.79. The van der Waals surface area contributed by atoms with Gasteiger partial charge in [0.05, 0.1) is 0 Å². The highest BCUT2D eigenvalue weighted by atomic mass is 15.1. The first-order valence-corrected chi connectivity index (χ1v) is 12.6. The highest BCUT2D eigenvalue weighted by Gasteiger charge is 2.38. The van der Waals surface area contributed by atoms with Gasteiger partial charge in [0.15, 0.2) is 0 Å². The van der Waals surface area contributed by atoms with Crippen molar-refractivity contribution in [3.63, 3.8) is 0 Å². The van der Waals surface area contributed by atoms with Crippen molar-refractivity contribution in [2.75, 3.05) is 4.90 Å². The smallest absolute Gasteiger partial charge is 0.0468 e. The van der Waals surface area contributed by atoms with Gasteiger partial charge in [-0.25, -0.2) is 0 Å². The molecule has 1 aliphatic rings. The van der Waals surface area contributed by atoms with Crippen molar-refractivity contribution in [2.24, 2.45) is 0 Å². The number of hydrogen-bond acceptors (Lipinski definition) is 1. The molecular weight excluding hydrogens is 434 g/mol. The van der Waals surface area contributed by atoms with Crippen LogP contribution in [0.25, 0.3) is 32.7 Å². The minimum Gasteiger partial charge on any atom is -0.310 e. The van der Waals surface area contributed by atoms with Crippen molar-refractivity contribution >= 4 is 38.6 Å². The molecule has 0 unspecified atom stereocenters. The maximum absolute atomic E-state index is 2.39. The average Bonchev–Trinajstić information content (AvgIpc) is 3.18. The minimum absolute atomic E-state index is 0.0612. The molecule has 1 aliphatic carbocycles. The van der Waals surface area contributed by atoms with Gasteiger partial charge in [0.1, 0.15) is 0 Å². The second-order valence-electron chi connectivity index (χ2n) is 10.2. The molecule has 1 nitrogen and oxygen atoms in total. The summed E-state index contributed by atoms with van der Waals surface area (Å²) in [4.78, 5) is 2.35. The molecular formula is C35H27N. The molecule has 172 valence electrons. The van der Waals surface area contributed by atoms with Crippen molar-refractivity contribution in [1.29, 1.82) is 0 Å². The Hall–Kier alpha value is -4.36. The Kier molecular flexibility index (Phi) is 4.56. The van der Waals surface area contributed by atoms with Crippen molar-refractivity contribution in [3.05, 3.63) is 139 Å². The Balaban J connectivity index is 1.56. The summed E-state index contributed by atoms with van der Waals surface area (Å²) in [6.45, 7) is 4.75. The van der Waals surface area contributed by atoms with Gasteiger partial charge in [0.2, 0.25) is 0 Å². The predicted octanol–water partition coefficient (Wildman–Crippen LogP) is 9.77. The van der Waals surface area contributed by atoms with Gasteiger partial charge in [0.25, 0.3) is 0 Å². The van der Waals surface area contributed by atoms with Crippen LogP contribution in [0.5, 0.6) is 0 Å². The van der Waals surface area contributed by atoms with Gasteiger partial charge in [-0.2, -0.15) is 0 Å². The molecule has 6 aromatic rings. The van der Waals surface area contributed by atoms with E-state index in [1.807, 2.05) is 0 Å². The first kappa shape index (κ1) is 21.0. The zero-order chi connectivity index (χ0) is 24.3. The number of hydrogen-bond donors (Lipinski definition) is 0. The molecule has 0 N–H and O–H groups in total. The monoisotopic (exact) mass is 461 g/mol. The third-order valence-corrected chi connectivity index (χ3v) is 7.79. The predicted molar refractivity (Wildman–Crippen MR) is 154 cm³/mol. The van der Waals surface area contributed by atoms with E-state index < -0.39 is 0 Å². The van der Waals surface area contributed by atoms with E-state index in [1.54, 1.807) is 0 Å². The summed E-state index contributed by atoms with van der Waals surface area (Å²) in [5, 5.41) is 5.29. The molecule has 0 heterocycles. The Labute approximate surface area is 212 Å². The lowest BCUT2D eigenvalue weighted by molar-refractivity contribution is 0.666. The molecule has 0 aliphatic heterocycles. The van der Waals surface area contributed by atoms with Crippen LogP contribution in [0.15, 0.2) is 127 Å². The van der Waals surface area contributed by atoms with Crippen LogP contribution < -0.4 is 4.90 Å². The van der Waals surface area contributed by atoms with E-state index in [-0.39, 0.29) is 5.41 Å². The topological polar surface area (TPSA) is 3.24 Å². The van der Waals surface area contributed by atoms with Gasteiger partial charge in [0, 0.05) is 22.5 Å². The quantitative estimate of drug-likeness (QED) is 0.237. The lowest BCUT2D eigenvalue weighted by Crippen LogP contribution is -2.15. The SMILES string of the molecule is CC1(C)c2ccccc2-c2c1c1ccc(N(c3ccccc3)c3ccccc3)cc1c1ccccc21. The molecule has 0 atom stereocenters. The molecule has 0 saturated heterocycles. The lowest BCUT2D eigenvalue weighted by atomic mass is 9.79. The fraction of sp³-hybridized carbons (Fsp3) is 0.0857. The Bertz CT molecular complexity index is 1710. The Morgan fingerprint density at radius 1 is 0.472 bits per heavy atom. The van der Waals surface area contributed by atoms with E-state index in [9.17, 15) is 0 Å². The van der Waals surface area contributed by atoms with Crippen molar-refractivity contribution in [2.45, 2.75) is 19.3 Å². The van der Waals surface area contributed by atoms with E-state index in [2.05, 4.69) is 146 Å². The summed E-state index contributed by atoms with van der Waals surface area (Å²) in [6.07, 6.45) is 0. The van der Waals surface area contributed by atoms with Crippen molar-refractivity contribution in [1.82, 2.24) is 0 Å². The summed E-state index contributed by atoms with van der Waals surface area (Å²) in [5.74, 6) is 0. The number of rotatable bonds is 3. The zero-order valence-electron chi connectivity index (χ0n) is 20.6. The van der Waals surface area contributed by atoms with E-state index in [1.165, 1.54) is 49.5 Å². The standard InChI is InChI=1S/C35H27N/c1-35(2)32-20-12-11-19-30(32)33-28-18-10-9-17-27(28)31-23-26(21-22-29(31)34(33)35)36(24-13-5-3-6-14-24)25-15-7-4-8-16-25/h3-23H,1-2H3. The molecule has 0 radical (unpaired) electrons. The maximum atomic E-state index is 2.39. The summed E-state index contributed by atoms with van der Waals surface area (Å²) < 4.78 is 0. The van der Waals surface area contributed by atoms with E-state index >= 15 is 0 Å². The van der Waals surface area contributed by atoms with Crippen molar-refractivity contribution < 1.29 is 0 Å². The molecule has 0 amide bonds. The van der Waals surface area contributed by atoms with Crippen LogP contribution in [0.3, 0.4) is 0 Å². The molecule has 0 spiro atoms. The van der Waals surface area contributed by atoms with E-state index in [4.69, 9.17) is 0 Å². The lowest BCUT2D eigenvalue weighted by Gasteiger charge is -2.27. The summed E-state index contributed by atoms with van der Waals surface area (Å²) in [7, 11) is 0. The van der Waals surface area contributed by atoms with Gasteiger partial charge in [-0.15, -0.1) is 0 Å². The second-order valence-corrected chi connectivity index (χ2v) is 10.2. The molecule has 6 aromatic carbocycles. The first-order chi connectivity index (χ1) is 17.6. The average molecular weight is 462 g/mol. The fourth-order valence-corrected chi connectivity index (χ4v) is 6.23. The van der Waals surface area contributed by atoms with Crippen LogP contribution in [0.4, 0.5) is 17.1 Å². The van der Waals surface area contributed by atoms with Crippen LogP contribution in [-0.4, -0.2) is 0 Å². The van der Waals surface area contributed by atoms with E-state index in [0.29, 0.717) is 0 Å². The third kappa shape index (κ3) is 2.96. The molecule has 1 heteroatoms. The highest BCUT2D eigenvalue weighted by Crippen LogP contribution is 2.54. The van der Waals surface area contributed by atoms with Crippen molar-refractivity contribution in [3.8, 4) is 11.1 Å². The normalized spacial score (nSPS) is 13.5. The molecule has 0 aromatic heterocycles. The Morgan fingerprint density at radius 3 is 1.75 bits per heavy atom. The highest BCUT2D eigenvalue weighted by molar-refractivity contribution is 6.19. The van der Waals surface area contributed by atoms with Crippen LogP contribution in [0.2, 0.25) is 0 Å². The van der Waals surface area contributed by atoms with Crippen LogP contribution >= 0.6 is 0 Å². The number of anilines is 3. The summed E-state index contributed by atoms with van der Waals surface area (Å²) in [6, 6.07) is 46.2. The zero-order valence-corrected chi connectivity index (χ0v) is 20.6. The fourth-order valence-electron chi connectivity index (χ4n) is 6.23. The number of para-hydroxylation sites is 2. The number of fused-ring (bicyclic) bond motifs is 8. The second kappa shape index (κ2) is 7.83. The molecule has 0 bridgehead atoms. The van der Waals surface area contributed by atoms with Gasteiger partial charge >= 0.3 is 0 Å². The van der Waals surface area contributed by atoms with Gasteiger partial charge < -0.3 is 4.90 Å². The Morgan fingerprint density at radius 2 is 1.06 bits per heavy atom. The summed E-state index contributed by atoms with van der Waals surface area (Å²) >= 11 is 0.